The van der Waals surface area contributed by atoms with E-state index in [-0.39, 0.29) is 28.6 Å². The SMILES string of the molecule is CCc1nnc(NC(=O)CSc2[nH+]c(N)c(C#N)cc2C#N)s1. The van der Waals surface area contributed by atoms with Crippen molar-refractivity contribution in [3.8, 4) is 12.1 Å². The molecule has 4 N–H and O–H groups in total. The van der Waals surface area contributed by atoms with E-state index in [4.69, 9.17) is 16.3 Å². The van der Waals surface area contributed by atoms with Crippen molar-refractivity contribution in [1.82, 2.24) is 10.2 Å². The van der Waals surface area contributed by atoms with Crippen molar-refractivity contribution in [1.29, 1.82) is 10.5 Å². The van der Waals surface area contributed by atoms with Gasteiger partial charge in [-0.3, -0.25) is 15.8 Å². The summed E-state index contributed by atoms with van der Waals surface area (Å²) in [6.07, 6.45) is 0.757. The van der Waals surface area contributed by atoms with Crippen LogP contribution in [-0.4, -0.2) is 21.9 Å². The number of nitriles is 2. The minimum Gasteiger partial charge on any atom is -0.300 e. The molecule has 8 nitrogen and oxygen atoms in total. The fourth-order valence-corrected chi connectivity index (χ4v) is 3.06. The van der Waals surface area contributed by atoms with Crippen molar-refractivity contribution in [2.24, 2.45) is 0 Å². The van der Waals surface area contributed by atoms with Gasteiger partial charge in [0.2, 0.25) is 11.0 Å². The van der Waals surface area contributed by atoms with Crippen molar-refractivity contribution in [2.75, 3.05) is 16.8 Å². The van der Waals surface area contributed by atoms with Crippen molar-refractivity contribution in [2.45, 2.75) is 18.4 Å². The zero-order valence-electron chi connectivity index (χ0n) is 12.1. The Morgan fingerprint density at radius 3 is 2.78 bits per heavy atom. The number of thioether (sulfide) groups is 1. The second-order valence-electron chi connectivity index (χ2n) is 4.25. The summed E-state index contributed by atoms with van der Waals surface area (Å²) in [7, 11) is 0. The van der Waals surface area contributed by atoms with Gasteiger partial charge >= 0.3 is 0 Å². The molecular formula is C13H12N7OS2+. The average molecular weight is 346 g/mol. The van der Waals surface area contributed by atoms with Crippen LogP contribution < -0.4 is 16.0 Å². The molecule has 0 saturated heterocycles. The number of anilines is 2. The number of H-pyrrole nitrogens is 1. The molecular weight excluding hydrogens is 334 g/mol. The maximum atomic E-state index is 11.9. The Balaban J connectivity index is 2.03. The van der Waals surface area contributed by atoms with Gasteiger partial charge in [-0.1, -0.05) is 30.0 Å². The first kappa shape index (κ1) is 16.7. The van der Waals surface area contributed by atoms with Gasteiger partial charge in [0.05, 0.1) is 5.75 Å². The van der Waals surface area contributed by atoms with E-state index >= 15 is 0 Å². The first-order chi connectivity index (χ1) is 11.1. The van der Waals surface area contributed by atoms with Crippen molar-refractivity contribution < 1.29 is 9.78 Å². The Bertz CT molecular complexity index is 819. The van der Waals surface area contributed by atoms with Gasteiger partial charge < -0.3 is 0 Å². The molecule has 0 aliphatic carbocycles. The number of nitrogen functional groups attached to an aromatic ring is 1. The predicted molar refractivity (Wildman–Crippen MR) is 85.5 cm³/mol. The molecule has 0 aromatic carbocycles. The normalized spacial score (nSPS) is 9.87. The van der Waals surface area contributed by atoms with E-state index in [9.17, 15) is 4.79 Å². The number of nitrogens with zero attached hydrogens (tertiary/aromatic N) is 4. The molecule has 0 unspecified atom stereocenters. The Kier molecular flexibility index (Phi) is 5.46. The number of nitrogens with two attached hydrogens (primary N) is 1. The molecule has 0 aliphatic rings. The number of aryl methyl sites for hydroxylation is 1. The average Bonchev–Trinajstić information content (AvgIpc) is 3.00. The molecule has 2 aromatic rings. The highest BCUT2D eigenvalue weighted by atomic mass is 32.2. The van der Waals surface area contributed by atoms with Crippen LogP contribution in [0.3, 0.4) is 0 Å². The van der Waals surface area contributed by atoms with Crippen molar-refractivity contribution >= 4 is 40.0 Å². The fraction of sp³-hybridized carbons (Fsp3) is 0.231. The maximum absolute atomic E-state index is 11.9. The number of pyridine rings is 1. The number of carbonyl (C=O) groups excluding carboxylic acids is 1. The summed E-state index contributed by atoms with van der Waals surface area (Å²) < 4.78 is 0. The van der Waals surface area contributed by atoms with Crippen LogP contribution in [0.4, 0.5) is 10.9 Å². The van der Waals surface area contributed by atoms with Crippen LogP contribution in [-0.2, 0) is 11.2 Å². The molecule has 116 valence electrons. The van der Waals surface area contributed by atoms with Crippen LogP contribution in [0.15, 0.2) is 11.1 Å². The van der Waals surface area contributed by atoms with Gasteiger partial charge in [0, 0.05) is 0 Å². The van der Waals surface area contributed by atoms with Gasteiger partial charge in [0.1, 0.15) is 28.3 Å². The lowest BCUT2D eigenvalue weighted by molar-refractivity contribution is -0.410. The van der Waals surface area contributed by atoms with Gasteiger partial charge in [0.15, 0.2) is 5.03 Å². The number of hydrogen-bond donors (Lipinski definition) is 2. The molecule has 0 radical (unpaired) electrons. The standard InChI is InChI=1S/C13H11N7OS2/c1-2-10-19-20-13(23-10)17-9(21)6-22-12-8(5-15)3-7(4-14)11(16)18-12/h3H,2,6H2,1H3,(H2,16,18)(H,17,20,21)/p+1. The third-order valence-corrected chi connectivity index (χ3v) is 4.68. The number of carbonyl (C=O) groups is 1. The van der Waals surface area contributed by atoms with Gasteiger partial charge in [-0.15, -0.1) is 10.2 Å². The minimum atomic E-state index is -0.269. The summed E-state index contributed by atoms with van der Waals surface area (Å²) in [4.78, 5) is 14.7. The van der Waals surface area contributed by atoms with E-state index < -0.39 is 0 Å². The molecule has 0 aliphatic heterocycles. The third-order valence-electron chi connectivity index (χ3n) is 2.68. The van der Waals surface area contributed by atoms with Crippen LogP contribution in [0.2, 0.25) is 0 Å². The summed E-state index contributed by atoms with van der Waals surface area (Å²) in [6, 6.07) is 5.26. The van der Waals surface area contributed by atoms with Crippen LogP contribution in [0.25, 0.3) is 0 Å². The predicted octanol–water partition coefficient (Wildman–Crippen LogP) is 0.971. The topological polar surface area (TPSA) is 143 Å². The quantitative estimate of drug-likeness (QED) is 0.768. The van der Waals surface area contributed by atoms with Gasteiger partial charge in [0.25, 0.3) is 5.82 Å². The van der Waals surface area contributed by atoms with Crippen LogP contribution >= 0.6 is 23.1 Å². The third kappa shape index (κ3) is 4.16. The number of nitrogens with one attached hydrogen (secondary N) is 2. The molecule has 0 spiro atoms. The van der Waals surface area contributed by atoms with Crippen molar-refractivity contribution in [3.05, 3.63) is 22.2 Å². The summed E-state index contributed by atoms with van der Waals surface area (Å²) >= 11 is 2.44. The summed E-state index contributed by atoms with van der Waals surface area (Å²) in [6.45, 7) is 1.95. The number of amides is 1. The lowest BCUT2D eigenvalue weighted by Gasteiger charge is -2.02. The number of hydrogen-bond acceptors (Lipinski definition) is 8. The largest absolute Gasteiger partial charge is 0.300 e. The smallest absolute Gasteiger partial charge is 0.289 e. The van der Waals surface area contributed by atoms with E-state index in [0.717, 1.165) is 23.2 Å². The highest BCUT2D eigenvalue weighted by molar-refractivity contribution is 7.99. The van der Waals surface area contributed by atoms with E-state index in [1.165, 1.54) is 17.4 Å². The van der Waals surface area contributed by atoms with E-state index in [0.29, 0.717) is 10.2 Å². The van der Waals surface area contributed by atoms with Crippen LogP contribution in [0.1, 0.15) is 23.1 Å². The molecule has 10 heteroatoms. The lowest BCUT2D eigenvalue weighted by atomic mass is 10.2. The second kappa shape index (κ2) is 7.54. The van der Waals surface area contributed by atoms with Crippen LogP contribution in [0.5, 0.6) is 0 Å². The number of aromatic nitrogens is 3. The molecule has 2 rings (SSSR count). The molecule has 0 fully saturated rings. The molecule has 23 heavy (non-hydrogen) atoms. The highest BCUT2D eigenvalue weighted by Crippen LogP contribution is 2.21. The van der Waals surface area contributed by atoms with Gasteiger partial charge in [-0.25, -0.2) is 4.98 Å². The first-order valence-electron chi connectivity index (χ1n) is 6.48. The van der Waals surface area contributed by atoms with Crippen LogP contribution in [0, 0.1) is 22.7 Å². The second-order valence-corrected chi connectivity index (χ2v) is 6.30. The first-order valence-corrected chi connectivity index (χ1v) is 8.28. The van der Waals surface area contributed by atoms with Gasteiger partial charge in [-0.2, -0.15) is 10.5 Å². The molecule has 0 bridgehead atoms. The summed E-state index contributed by atoms with van der Waals surface area (Å²) in [5.74, 6) is -0.0440. The highest BCUT2D eigenvalue weighted by Gasteiger charge is 2.16. The van der Waals surface area contributed by atoms with E-state index in [1.807, 2.05) is 19.1 Å². The lowest BCUT2D eigenvalue weighted by Crippen LogP contribution is -2.19. The zero-order chi connectivity index (χ0) is 16.8. The molecule has 2 aromatic heterocycles. The monoisotopic (exact) mass is 346 g/mol. The molecule has 0 atom stereocenters. The van der Waals surface area contributed by atoms with E-state index in [2.05, 4.69) is 20.5 Å². The fourth-order valence-electron chi connectivity index (χ4n) is 1.57. The summed E-state index contributed by atoms with van der Waals surface area (Å²) in [5.41, 5.74) is 6.14. The molecule has 0 saturated carbocycles. The maximum Gasteiger partial charge on any atom is 0.289 e. The number of aromatic amines is 1. The molecule has 2 heterocycles. The Morgan fingerprint density at radius 2 is 2.17 bits per heavy atom. The number of rotatable bonds is 5. The summed E-state index contributed by atoms with van der Waals surface area (Å²) in [5, 5.41) is 30.1. The van der Waals surface area contributed by atoms with E-state index in [1.54, 1.807) is 0 Å². The van der Waals surface area contributed by atoms with Gasteiger partial charge in [-0.05, 0) is 12.5 Å². The Labute approximate surface area is 140 Å². The zero-order valence-corrected chi connectivity index (χ0v) is 13.7. The van der Waals surface area contributed by atoms with Crippen molar-refractivity contribution in [3.63, 3.8) is 0 Å². The molecule has 1 amide bonds. The Hall–Kier alpha value is -2.69. The minimum absolute atomic E-state index is 0.0670. The Morgan fingerprint density at radius 1 is 1.43 bits per heavy atom.